The molecule has 5 nitrogen and oxygen atoms in total. The predicted molar refractivity (Wildman–Crippen MR) is 81.7 cm³/mol. The smallest absolute Gasteiger partial charge is 0.242 e. The molecule has 108 valence electrons. The highest BCUT2D eigenvalue weighted by Gasteiger charge is 2.16. The second kappa shape index (κ2) is 6.34. The Kier molecular flexibility index (Phi) is 4.74. The maximum absolute atomic E-state index is 11.9. The summed E-state index contributed by atoms with van der Waals surface area (Å²) in [5, 5.41) is 6.16. The van der Waals surface area contributed by atoms with Gasteiger partial charge in [0.05, 0.1) is 10.7 Å². The van der Waals surface area contributed by atoms with Gasteiger partial charge in [-0.3, -0.25) is 0 Å². The minimum atomic E-state index is -3.46. The van der Waals surface area contributed by atoms with Crippen molar-refractivity contribution in [3.05, 3.63) is 40.8 Å². The van der Waals surface area contributed by atoms with Gasteiger partial charge in [-0.2, -0.15) is 0 Å². The van der Waals surface area contributed by atoms with Crippen LogP contribution in [0.1, 0.15) is 17.8 Å². The molecule has 2 rings (SSSR count). The predicted octanol–water partition coefficient (Wildman–Crippen LogP) is 2.27. The van der Waals surface area contributed by atoms with Gasteiger partial charge >= 0.3 is 0 Å². The third kappa shape index (κ3) is 3.36. The van der Waals surface area contributed by atoms with Gasteiger partial charge in [0, 0.05) is 24.0 Å². The molecule has 0 saturated heterocycles. The van der Waals surface area contributed by atoms with E-state index < -0.39 is 10.0 Å². The summed E-state index contributed by atoms with van der Waals surface area (Å²) in [5.74, 6) is 0.223. The third-order valence-electron chi connectivity index (χ3n) is 2.92. The first-order chi connectivity index (χ1) is 9.54. The number of para-hydroxylation sites is 1. The van der Waals surface area contributed by atoms with Crippen LogP contribution in [0.25, 0.3) is 0 Å². The highest BCUT2D eigenvalue weighted by molar-refractivity contribution is 7.89. The number of anilines is 1. The van der Waals surface area contributed by atoms with Gasteiger partial charge in [0.2, 0.25) is 10.0 Å². The average Bonchev–Trinajstić information content (AvgIpc) is 2.99. The minimum absolute atomic E-state index is 0.223. The zero-order chi connectivity index (χ0) is 14.6. The van der Waals surface area contributed by atoms with Gasteiger partial charge in [-0.25, -0.2) is 18.1 Å². The summed E-state index contributed by atoms with van der Waals surface area (Å²) in [7, 11) is -2.05. The maximum Gasteiger partial charge on any atom is 0.242 e. The monoisotopic (exact) mass is 311 g/mol. The maximum atomic E-state index is 11.9. The van der Waals surface area contributed by atoms with Crippen LogP contribution in [0.2, 0.25) is 0 Å². The van der Waals surface area contributed by atoms with Crippen molar-refractivity contribution >= 4 is 27.0 Å². The van der Waals surface area contributed by atoms with Crippen molar-refractivity contribution in [3.8, 4) is 0 Å². The second-order valence-electron chi connectivity index (χ2n) is 4.36. The Labute approximate surface area is 123 Å². The molecule has 0 aliphatic rings. The van der Waals surface area contributed by atoms with Crippen molar-refractivity contribution in [2.24, 2.45) is 0 Å². The van der Waals surface area contributed by atoms with Gasteiger partial charge in [-0.05, 0) is 19.2 Å². The van der Waals surface area contributed by atoms with E-state index in [2.05, 4.69) is 21.9 Å². The molecule has 1 aromatic carbocycles. The summed E-state index contributed by atoms with van der Waals surface area (Å²) in [6, 6.07) is 6.87. The first-order valence-electron chi connectivity index (χ1n) is 6.20. The first-order valence-corrected chi connectivity index (χ1v) is 8.56. The molecule has 0 spiro atoms. The van der Waals surface area contributed by atoms with Gasteiger partial charge in [0.15, 0.2) is 0 Å². The van der Waals surface area contributed by atoms with E-state index in [1.807, 2.05) is 11.4 Å². The standard InChI is InChI=1S/C13H17N3O2S2/c1-10(13-15-7-8-19-13)9-16-11-5-3-4-6-12(11)20(17,18)14-2/h3-8,10,14,16H,9H2,1-2H3. The lowest BCUT2D eigenvalue weighted by Gasteiger charge is -2.14. The van der Waals surface area contributed by atoms with E-state index in [4.69, 9.17) is 0 Å². The van der Waals surface area contributed by atoms with E-state index in [-0.39, 0.29) is 10.8 Å². The molecule has 2 aromatic rings. The van der Waals surface area contributed by atoms with Crippen molar-refractivity contribution in [1.82, 2.24) is 9.71 Å². The van der Waals surface area contributed by atoms with E-state index in [9.17, 15) is 8.42 Å². The molecule has 0 radical (unpaired) electrons. The van der Waals surface area contributed by atoms with Gasteiger partial charge in [-0.15, -0.1) is 11.3 Å². The highest BCUT2D eigenvalue weighted by Crippen LogP contribution is 2.23. The molecule has 1 unspecified atom stereocenters. The number of sulfonamides is 1. The number of thiazole rings is 1. The van der Waals surface area contributed by atoms with Gasteiger partial charge in [0.1, 0.15) is 4.90 Å². The van der Waals surface area contributed by atoms with Crippen LogP contribution in [0.15, 0.2) is 40.7 Å². The summed E-state index contributed by atoms with van der Waals surface area (Å²) < 4.78 is 26.2. The second-order valence-corrected chi connectivity index (χ2v) is 7.14. The van der Waals surface area contributed by atoms with Gasteiger partial charge in [0.25, 0.3) is 0 Å². The number of nitrogens with one attached hydrogen (secondary N) is 2. The Morgan fingerprint density at radius 2 is 2.10 bits per heavy atom. The molecule has 0 bridgehead atoms. The third-order valence-corrected chi connectivity index (χ3v) is 5.40. The fourth-order valence-corrected chi connectivity index (χ4v) is 3.39. The summed E-state index contributed by atoms with van der Waals surface area (Å²) in [4.78, 5) is 4.52. The normalized spacial score (nSPS) is 13.1. The molecule has 0 aliphatic heterocycles. The van der Waals surface area contributed by atoms with E-state index in [1.165, 1.54) is 7.05 Å². The Balaban J connectivity index is 2.14. The number of rotatable bonds is 6. The quantitative estimate of drug-likeness (QED) is 0.858. The number of hydrogen-bond donors (Lipinski definition) is 2. The molecule has 20 heavy (non-hydrogen) atoms. The van der Waals surface area contributed by atoms with Crippen LogP contribution in [0.5, 0.6) is 0 Å². The van der Waals surface area contributed by atoms with E-state index in [0.29, 0.717) is 12.2 Å². The highest BCUT2D eigenvalue weighted by atomic mass is 32.2. The average molecular weight is 311 g/mol. The van der Waals surface area contributed by atoms with Crippen LogP contribution in [0.4, 0.5) is 5.69 Å². The Hall–Kier alpha value is -1.44. The number of hydrogen-bond acceptors (Lipinski definition) is 5. The Morgan fingerprint density at radius 3 is 2.75 bits per heavy atom. The first kappa shape index (κ1) is 15.0. The Morgan fingerprint density at radius 1 is 1.35 bits per heavy atom. The molecular weight excluding hydrogens is 294 g/mol. The number of benzene rings is 1. The number of nitrogens with zero attached hydrogens (tertiary/aromatic N) is 1. The zero-order valence-corrected chi connectivity index (χ0v) is 13.0. The van der Waals surface area contributed by atoms with E-state index >= 15 is 0 Å². The van der Waals surface area contributed by atoms with Gasteiger partial charge in [-0.1, -0.05) is 19.1 Å². The minimum Gasteiger partial charge on any atom is -0.383 e. The van der Waals surface area contributed by atoms with Crippen molar-refractivity contribution in [3.63, 3.8) is 0 Å². The van der Waals surface area contributed by atoms with Crippen molar-refractivity contribution in [2.75, 3.05) is 18.9 Å². The summed E-state index contributed by atoms with van der Waals surface area (Å²) >= 11 is 1.60. The lowest BCUT2D eigenvalue weighted by molar-refractivity contribution is 0.588. The molecule has 1 aromatic heterocycles. The van der Waals surface area contributed by atoms with Gasteiger partial charge < -0.3 is 5.32 Å². The van der Waals surface area contributed by atoms with Crippen LogP contribution in [-0.2, 0) is 10.0 Å². The molecule has 2 N–H and O–H groups in total. The number of aromatic nitrogens is 1. The summed E-state index contributed by atoms with van der Waals surface area (Å²) in [5.41, 5.74) is 0.602. The molecular formula is C13H17N3O2S2. The van der Waals surface area contributed by atoms with Crippen molar-refractivity contribution < 1.29 is 8.42 Å². The molecule has 1 heterocycles. The van der Waals surface area contributed by atoms with E-state index in [1.54, 1.807) is 35.7 Å². The van der Waals surface area contributed by atoms with Crippen molar-refractivity contribution in [2.45, 2.75) is 17.7 Å². The largest absolute Gasteiger partial charge is 0.383 e. The Bertz CT molecular complexity index is 654. The molecule has 0 amide bonds. The van der Waals surface area contributed by atoms with Crippen LogP contribution >= 0.6 is 11.3 Å². The van der Waals surface area contributed by atoms with Crippen LogP contribution in [0, 0.1) is 0 Å². The SMILES string of the molecule is CNS(=O)(=O)c1ccccc1NCC(C)c1nccs1. The van der Waals surface area contributed by atoms with E-state index in [0.717, 1.165) is 5.01 Å². The lowest BCUT2D eigenvalue weighted by Crippen LogP contribution is -2.21. The molecule has 0 aliphatic carbocycles. The molecule has 0 fully saturated rings. The van der Waals surface area contributed by atoms with Crippen LogP contribution in [0.3, 0.4) is 0 Å². The topological polar surface area (TPSA) is 71.1 Å². The fraction of sp³-hybridized carbons (Fsp3) is 0.308. The molecule has 0 saturated carbocycles. The molecule has 1 atom stereocenters. The van der Waals surface area contributed by atoms with Crippen LogP contribution < -0.4 is 10.0 Å². The zero-order valence-electron chi connectivity index (χ0n) is 11.3. The summed E-state index contributed by atoms with van der Waals surface area (Å²) in [6.45, 7) is 2.69. The van der Waals surface area contributed by atoms with Crippen molar-refractivity contribution in [1.29, 1.82) is 0 Å². The fourth-order valence-electron chi connectivity index (χ4n) is 1.79. The summed E-state index contributed by atoms with van der Waals surface area (Å²) in [6.07, 6.45) is 1.77. The lowest BCUT2D eigenvalue weighted by atomic mass is 10.2. The van der Waals surface area contributed by atoms with Crippen LogP contribution in [-0.4, -0.2) is 27.0 Å². The molecule has 7 heteroatoms.